The van der Waals surface area contributed by atoms with Crippen LogP contribution in [0.15, 0.2) is 18.2 Å². The average Bonchev–Trinajstić information content (AvgIpc) is 2.88. The zero-order chi connectivity index (χ0) is 14.1. The van der Waals surface area contributed by atoms with Gasteiger partial charge in [-0.05, 0) is 50.4 Å². The second-order valence-electron chi connectivity index (χ2n) is 5.86. The van der Waals surface area contributed by atoms with Crippen LogP contribution in [0.25, 0.3) is 0 Å². The molecule has 0 spiro atoms. The molecule has 5 nitrogen and oxygen atoms in total. The predicted molar refractivity (Wildman–Crippen MR) is 80.6 cm³/mol. The first kappa shape index (κ1) is 13.2. The van der Waals surface area contributed by atoms with Gasteiger partial charge in [-0.25, -0.2) is 0 Å². The van der Waals surface area contributed by atoms with Crippen LogP contribution in [0.2, 0.25) is 0 Å². The van der Waals surface area contributed by atoms with E-state index in [0.717, 1.165) is 18.2 Å². The lowest BCUT2D eigenvalue weighted by atomic mass is 9.97. The predicted octanol–water partition coefficient (Wildman–Crippen LogP) is 1.41. The molecule has 0 radical (unpaired) electrons. The summed E-state index contributed by atoms with van der Waals surface area (Å²) >= 11 is 0. The van der Waals surface area contributed by atoms with Crippen LogP contribution in [0.3, 0.4) is 0 Å². The summed E-state index contributed by atoms with van der Waals surface area (Å²) in [7, 11) is 0. The third kappa shape index (κ3) is 2.58. The van der Waals surface area contributed by atoms with Crippen molar-refractivity contribution < 1.29 is 4.79 Å². The number of nitrogens with two attached hydrogens (primary N) is 2. The summed E-state index contributed by atoms with van der Waals surface area (Å²) in [6.07, 6.45) is 4.96. The first-order valence-corrected chi connectivity index (χ1v) is 7.33. The summed E-state index contributed by atoms with van der Waals surface area (Å²) in [5, 5.41) is 3.53. The molecule has 1 aromatic rings. The van der Waals surface area contributed by atoms with Crippen LogP contribution in [0, 0.1) is 0 Å². The molecule has 0 aromatic heterocycles. The molecule has 2 aliphatic rings. The Labute approximate surface area is 119 Å². The molecule has 108 valence electrons. The zero-order valence-corrected chi connectivity index (χ0v) is 11.6. The largest absolute Gasteiger partial charge is 0.398 e. The number of nitrogen functional groups attached to an aromatic ring is 1. The van der Waals surface area contributed by atoms with Gasteiger partial charge in [-0.2, -0.15) is 0 Å². The molecule has 2 unspecified atom stereocenters. The second kappa shape index (κ2) is 5.32. The molecular formula is C15H22N4O. The molecule has 0 aliphatic carbocycles. The zero-order valence-electron chi connectivity index (χ0n) is 11.6. The van der Waals surface area contributed by atoms with Crippen LogP contribution in [-0.4, -0.2) is 36.0 Å². The van der Waals surface area contributed by atoms with E-state index in [9.17, 15) is 4.79 Å². The number of amides is 1. The molecule has 5 N–H and O–H groups in total. The van der Waals surface area contributed by atoms with Crippen molar-refractivity contribution in [3.8, 4) is 0 Å². The van der Waals surface area contributed by atoms with E-state index in [4.69, 9.17) is 11.5 Å². The number of fused-ring (bicyclic) bond motifs is 1. The van der Waals surface area contributed by atoms with Crippen molar-refractivity contribution in [3.63, 3.8) is 0 Å². The number of nitrogens with one attached hydrogen (secondary N) is 1. The summed E-state index contributed by atoms with van der Waals surface area (Å²) in [5.74, 6) is -0.475. The molecule has 2 atom stereocenters. The summed E-state index contributed by atoms with van der Waals surface area (Å²) in [5.41, 5.74) is 12.9. The minimum atomic E-state index is -0.475. The topological polar surface area (TPSA) is 84.4 Å². The maximum atomic E-state index is 11.3. The smallest absolute Gasteiger partial charge is 0.250 e. The Morgan fingerprint density at radius 2 is 2.15 bits per heavy atom. The van der Waals surface area contributed by atoms with E-state index in [-0.39, 0.29) is 0 Å². The van der Waals surface area contributed by atoms with Crippen molar-refractivity contribution in [2.45, 2.75) is 37.8 Å². The van der Waals surface area contributed by atoms with Gasteiger partial charge < -0.3 is 21.7 Å². The second-order valence-corrected chi connectivity index (χ2v) is 5.86. The van der Waals surface area contributed by atoms with Crippen molar-refractivity contribution in [1.29, 1.82) is 0 Å². The van der Waals surface area contributed by atoms with E-state index in [1.165, 1.54) is 32.4 Å². The van der Waals surface area contributed by atoms with E-state index in [1.54, 1.807) is 12.1 Å². The van der Waals surface area contributed by atoms with Crippen LogP contribution >= 0.6 is 0 Å². The molecule has 1 amide bonds. The van der Waals surface area contributed by atoms with Crippen LogP contribution in [0.4, 0.5) is 11.4 Å². The molecule has 2 aliphatic heterocycles. The number of piperidine rings is 1. The van der Waals surface area contributed by atoms with Gasteiger partial charge in [-0.3, -0.25) is 4.79 Å². The number of benzene rings is 1. The van der Waals surface area contributed by atoms with Gasteiger partial charge in [0.05, 0.1) is 5.56 Å². The first-order chi connectivity index (χ1) is 9.63. The minimum Gasteiger partial charge on any atom is -0.398 e. The number of primary amides is 1. The van der Waals surface area contributed by atoms with E-state index in [0.29, 0.717) is 17.3 Å². The maximum absolute atomic E-state index is 11.3. The summed E-state index contributed by atoms with van der Waals surface area (Å²) in [4.78, 5) is 13.9. The number of nitrogens with zero attached hydrogens (tertiary/aromatic N) is 1. The quantitative estimate of drug-likeness (QED) is 0.728. The van der Waals surface area contributed by atoms with Crippen molar-refractivity contribution >= 4 is 17.3 Å². The Kier molecular flexibility index (Phi) is 3.53. The van der Waals surface area contributed by atoms with Gasteiger partial charge in [0.1, 0.15) is 0 Å². The lowest BCUT2D eigenvalue weighted by molar-refractivity contribution is 0.100. The van der Waals surface area contributed by atoms with Crippen molar-refractivity contribution in [3.05, 3.63) is 23.8 Å². The molecule has 2 fully saturated rings. The highest BCUT2D eigenvalue weighted by atomic mass is 16.1. The molecule has 0 bridgehead atoms. The molecule has 20 heavy (non-hydrogen) atoms. The maximum Gasteiger partial charge on any atom is 0.250 e. The van der Waals surface area contributed by atoms with Gasteiger partial charge in [0.25, 0.3) is 5.91 Å². The SMILES string of the molecule is NC(=O)c1cc(NC2CCN3CCCC3C2)ccc1N. The fourth-order valence-corrected chi connectivity index (χ4v) is 3.45. The van der Waals surface area contributed by atoms with Gasteiger partial charge >= 0.3 is 0 Å². The third-order valence-electron chi connectivity index (χ3n) is 4.51. The van der Waals surface area contributed by atoms with Crippen LogP contribution in [0.5, 0.6) is 0 Å². The summed E-state index contributed by atoms with van der Waals surface area (Å²) in [6, 6.07) is 6.62. The minimum absolute atomic E-state index is 0.397. The van der Waals surface area contributed by atoms with Gasteiger partial charge in [-0.1, -0.05) is 0 Å². The van der Waals surface area contributed by atoms with Crippen LogP contribution < -0.4 is 16.8 Å². The van der Waals surface area contributed by atoms with E-state index in [1.807, 2.05) is 6.07 Å². The van der Waals surface area contributed by atoms with E-state index in [2.05, 4.69) is 10.2 Å². The Hall–Kier alpha value is -1.75. The Morgan fingerprint density at radius 1 is 1.30 bits per heavy atom. The van der Waals surface area contributed by atoms with Gasteiger partial charge in [-0.15, -0.1) is 0 Å². The van der Waals surface area contributed by atoms with Crippen molar-refractivity contribution in [1.82, 2.24) is 4.90 Å². The monoisotopic (exact) mass is 274 g/mol. The third-order valence-corrected chi connectivity index (χ3v) is 4.51. The molecular weight excluding hydrogens is 252 g/mol. The number of carbonyl (C=O) groups is 1. The number of hydrogen-bond acceptors (Lipinski definition) is 4. The van der Waals surface area contributed by atoms with Crippen LogP contribution in [0.1, 0.15) is 36.0 Å². The molecule has 5 heteroatoms. The fourth-order valence-electron chi connectivity index (χ4n) is 3.45. The van der Waals surface area contributed by atoms with E-state index < -0.39 is 5.91 Å². The van der Waals surface area contributed by atoms with Crippen molar-refractivity contribution in [2.75, 3.05) is 24.1 Å². The Bertz CT molecular complexity index is 517. The molecule has 1 aromatic carbocycles. The Morgan fingerprint density at radius 3 is 2.95 bits per heavy atom. The Balaban J connectivity index is 1.68. The lowest BCUT2D eigenvalue weighted by Gasteiger charge is -2.35. The number of rotatable bonds is 3. The fraction of sp³-hybridized carbons (Fsp3) is 0.533. The first-order valence-electron chi connectivity index (χ1n) is 7.33. The summed E-state index contributed by atoms with van der Waals surface area (Å²) in [6.45, 7) is 2.42. The normalized spacial score (nSPS) is 26.2. The van der Waals surface area contributed by atoms with Gasteiger partial charge in [0.2, 0.25) is 0 Å². The van der Waals surface area contributed by atoms with E-state index >= 15 is 0 Å². The standard InChI is InChI=1S/C15H22N4O/c16-14-4-3-10(9-13(14)15(17)20)18-11-5-7-19-6-1-2-12(19)8-11/h3-4,9,11-12,18H,1-2,5-8,16H2,(H2,17,20). The summed E-state index contributed by atoms with van der Waals surface area (Å²) < 4.78 is 0. The highest BCUT2D eigenvalue weighted by molar-refractivity contribution is 5.98. The highest BCUT2D eigenvalue weighted by Gasteiger charge is 2.31. The van der Waals surface area contributed by atoms with Gasteiger partial charge in [0, 0.05) is 30.0 Å². The average molecular weight is 274 g/mol. The lowest BCUT2D eigenvalue weighted by Crippen LogP contribution is -2.42. The molecule has 3 rings (SSSR count). The molecule has 2 saturated heterocycles. The molecule has 2 heterocycles. The number of anilines is 2. The molecule has 0 saturated carbocycles. The number of hydrogen-bond donors (Lipinski definition) is 3. The van der Waals surface area contributed by atoms with Crippen LogP contribution in [-0.2, 0) is 0 Å². The number of carbonyl (C=O) groups excluding carboxylic acids is 1. The highest BCUT2D eigenvalue weighted by Crippen LogP contribution is 2.29. The van der Waals surface area contributed by atoms with Crippen molar-refractivity contribution in [2.24, 2.45) is 5.73 Å². The van der Waals surface area contributed by atoms with Gasteiger partial charge in [0.15, 0.2) is 0 Å².